The zero-order valence-electron chi connectivity index (χ0n) is 22.9. The number of nitrogens with zero attached hydrogens (tertiary/aromatic N) is 3. The molecule has 214 valence electrons. The smallest absolute Gasteiger partial charge is 0.281 e. The topological polar surface area (TPSA) is 97.9 Å². The van der Waals surface area contributed by atoms with Gasteiger partial charge in [0.15, 0.2) is 6.23 Å². The summed E-state index contributed by atoms with van der Waals surface area (Å²) in [5.41, 5.74) is 3.51. The molecule has 4 atom stereocenters. The predicted molar refractivity (Wildman–Crippen MR) is 156 cm³/mol. The molecule has 1 saturated heterocycles. The van der Waals surface area contributed by atoms with Gasteiger partial charge in [-0.1, -0.05) is 91.0 Å². The summed E-state index contributed by atoms with van der Waals surface area (Å²) < 4.78 is 27.7. The van der Waals surface area contributed by atoms with Crippen molar-refractivity contribution in [3.63, 3.8) is 0 Å². The molecule has 0 N–H and O–H groups in total. The molecule has 0 radical (unpaired) electrons. The van der Waals surface area contributed by atoms with Crippen molar-refractivity contribution in [3.05, 3.63) is 142 Å². The third-order valence-corrected chi connectivity index (χ3v) is 7.31. The lowest BCUT2D eigenvalue weighted by Crippen LogP contribution is -2.38. The van der Waals surface area contributed by atoms with Crippen molar-refractivity contribution in [3.8, 4) is 0 Å². The van der Waals surface area contributed by atoms with Gasteiger partial charge in [-0.3, -0.25) is 10.1 Å². The Kier molecular flexibility index (Phi) is 8.62. The summed E-state index contributed by atoms with van der Waals surface area (Å²) in [7, 11) is 0. The van der Waals surface area contributed by atoms with Crippen LogP contribution in [0.25, 0.3) is 11.0 Å². The number of aromatic nitrogens is 2. The maximum Gasteiger partial charge on any atom is 0.281 e. The van der Waals surface area contributed by atoms with Crippen LogP contribution in [0.4, 0.5) is 5.69 Å². The summed E-state index contributed by atoms with van der Waals surface area (Å²) in [5, 5.41) is 12.1. The van der Waals surface area contributed by atoms with E-state index in [0.717, 1.165) is 16.7 Å². The van der Waals surface area contributed by atoms with Gasteiger partial charge in [-0.2, -0.15) is 0 Å². The summed E-state index contributed by atoms with van der Waals surface area (Å²) in [6.45, 7) is 1.38. The second kappa shape index (κ2) is 13.1. The van der Waals surface area contributed by atoms with Crippen molar-refractivity contribution in [2.45, 2.75) is 44.4 Å². The highest BCUT2D eigenvalue weighted by molar-refractivity contribution is 5.86. The summed E-state index contributed by atoms with van der Waals surface area (Å²) >= 11 is 0. The molecule has 0 amide bonds. The van der Waals surface area contributed by atoms with Gasteiger partial charge in [-0.05, 0) is 22.8 Å². The number of hydrogen-bond donors (Lipinski definition) is 0. The first-order chi connectivity index (χ1) is 20.7. The molecule has 5 aromatic rings. The van der Waals surface area contributed by atoms with E-state index in [4.69, 9.17) is 18.9 Å². The van der Waals surface area contributed by atoms with Crippen molar-refractivity contribution in [1.29, 1.82) is 0 Å². The Morgan fingerprint density at radius 1 is 0.762 bits per heavy atom. The average molecular weight is 566 g/mol. The van der Waals surface area contributed by atoms with Crippen LogP contribution in [0.1, 0.15) is 22.9 Å². The van der Waals surface area contributed by atoms with Crippen LogP contribution in [-0.4, -0.2) is 39.4 Å². The first-order valence-corrected chi connectivity index (χ1v) is 13.9. The van der Waals surface area contributed by atoms with Crippen LogP contribution in [0.2, 0.25) is 0 Å². The van der Waals surface area contributed by atoms with E-state index < -0.39 is 29.5 Å². The predicted octanol–water partition coefficient (Wildman–Crippen LogP) is 6.23. The molecule has 0 spiro atoms. The van der Waals surface area contributed by atoms with Crippen molar-refractivity contribution in [2.75, 3.05) is 6.61 Å². The Bertz CT molecular complexity index is 1600. The zero-order valence-corrected chi connectivity index (χ0v) is 22.9. The Morgan fingerprint density at radius 2 is 1.33 bits per heavy atom. The first kappa shape index (κ1) is 27.7. The Hall–Kier alpha value is -4.41. The summed E-state index contributed by atoms with van der Waals surface area (Å²) in [6.07, 6.45) is 1.01. The molecule has 42 heavy (non-hydrogen) atoms. The highest BCUT2D eigenvalue weighted by Gasteiger charge is 2.48. The molecule has 9 nitrogen and oxygen atoms in total. The monoisotopic (exact) mass is 565 g/mol. The van der Waals surface area contributed by atoms with Crippen LogP contribution in [-0.2, 0) is 38.8 Å². The van der Waals surface area contributed by atoms with Crippen molar-refractivity contribution < 1.29 is 23.9 Å². The molecule has 3 aromatic carbocycles. The molecular formula is C33H31N3O6. The lowest BCUT2D eigenvalue weighted by Gasteiger charge is -2.26. The lowest BCUT2D eigenvalue weighted by atomic mass is 10.1. The number of nitro groups is 1. The Balaban J connectivity index is 1.32. The van der Waals surface area contributed by atoms with Crippen LogP contribution in [0.15, 0.2) is 116 Å². The van der Waals surface area contributed by atoms with Crippen LogP contribution in [0, 0.1) is 10.1 Å². The number of ether oxygens (including phenoxy) is 4. The second-order valence-corrected chi connectivity index (χ2v) is 10.1. The number of fused-ring (bicyclic) bond motifs is 1. The second-order valence-electron chi connectivity index (χ2n) is 10.1. The molecule has 6 rings (SSSR count). The minimum atomic E-state index is -0.660. The van der Waals surface area contributed by atoms with E-state index in [-0.39, 0.29) is 12.3 Å². The summed E-state index contributed by atoms with van der Waals surface area (Å²) in [4.78, 5) is 15.8. The van der Waals surface area contributed by atoms with E-state index in [0.29, 0.717) is 30.9 Å². The van der Waals surface area contributed by atoms with Gasteiger partial charge in [0.2, 0.25) is 0 Å². The van der Waals surface area contributed by atoms with E-state index in [2.05, 4.69) is 4.98 Å². The molecule has 0 saturated carbocycles. The van der Waals surface area contributed by atoms with Crippen LogP contribution in [0.3, 0.4) is 0 Å². The molecule has 0 unspecified atom stereocenters. The quantitative estimate of drug-likeness (QED) is 0.131. The molecule has 3 heterocycles. The largest absolute Gasteiger partial charge is 0.374 e. The normalized spacial score (nSPS) is 20.2. The maximum absolute atomic E-state index is 11.7. The van der Waals surface area contributed by atoms with Gasteiger partial charge in [0.05, 0.1) is 36.7 Å². The van der Waals surface area contributed by atoms with Crippen LogP contribution in [0.5, 0.6) is 0 Å². The van der Waals surface area contributed by atoms with E-state index in [9.17, 15) is 10.1 Å². The Morgan fingerprint density at radius 3 is 1.93 bits per heavy atom. The van der Waals surface area contributed by atoms with Gasteiger partial charge in [0.1, 0.15) is 24.0 Å². The van der Waals surface area contributed by atoms with Gasteiger partial charge in [0.25, 0.3) is 5.69 Å². The SMILES string of the molecule is O=[N+]([O-])c1ccnc2c1ccn2[C@@H]1O[C@H](COCc2ccccc2)[C@@H](OCc2ccccc2)[C@H]1OCc1ccccc1. The van der Waals surface area contributed by atoms with Gasteiger partial charge < -0.3 is 23.5 Å². The number of pyridine rings is 1. The molecule has 1 aliphatic rings. The van der Waals surface area contributed by atoms with Crippen LogP contribution >= 0.6 is 0 Å². The fraction of sp³-hybridized carbons (Fsp3) is 0.242. The molecule has 9 heteroatoms. The highest BCUT2D eigenvalue weighted by atomic mass is 16.6. The minimum absolute atomic E-state index is 0.0156. The van der Waals surface area contributed by atoms with E-state index >= 15 is 0 Å². The van der Waals surface area contributed by atoms with Crippen molar-refractivity contribution in [1.82, 2.24) is 9.55 Å². The Labute approximate surface area is 243 Å². The number of rotatable bonds is 12. The number of hydrogen-bond acceptors (Lipinski definition) is 7. The van der Waals surface area contributed by atoms with E-state index in [1.807, 2.05) is 91.0 Å². The lowest BCUT2D eigenvalue weighted by molar-refractivity contribution is -0.383. The van der Waals surface area contributed by atoms with Gasteiger partial charge in [0, 0.05) is 18.5 Å². The maximum atomic E-state index is 11.7. The standard InChI is InChI=1S/C33H31N3O6/c37-36(38)28-16-18-34-32-27(28)17-19-35(32)33-31(41-22-26-14-8-3-9-15-26)30(40-21-25-12-6-2-7-13-25)29(42-33)23-39-20-24-10-4-1-5-11-24/h1-19,29-31,33H,20-23H2/t29-,30-,31-,33-/m1/s1. The van der Waals surface area contributed by atoms with E-state index in [1.165, 1.54) is 12.3 Å². The fourth-order valence-electron chi connectivity index (χ4n) is 5.25. The fourth-order valence-corrected chi connectivity index (χ4v) is 5.25. The molecular weight excluding hydrogens is 534 g/mol. The van der Waals surface area contributed by atoms with Crippen molar-refractivity contribution in [2.24, 2.45) is 0 Å². The molecule has 1 aliphatic heterocycles. The van der Waals surface area contributed by atoms with E-state index in [1.54, 1.807) is 16.8 Å². The van der Waals surface area contributed by atoms with Gasteiger partial charge in [-0.25, -0.2) is 4.98 Å². The number of benzene rings is 3. The molecule has 2 aromatic heterocycles. The highest BCUT2D eigenvalue weighted by Crippen LogP contribution is 2.38. The van der Waals surface area contributed by atoms with Crippen molar-refractivity contribution >= 4 is 16.7 Å². The minimum Gasteiger partial charge on any atom is -0.374 e. The average Bonchev–Trinajstić information content (AvgIpc) is 3.61. The first-order valence-electron chi connectivity index (χ1n) is 13.9. The van der Waals surface area contributed by atoms with Gasteiger partial charge in [-0.15, -0.1) is 0 Å². The molecule has 0 bridgehead atoms. The molecule has 0 aliphatic carbocycles. The summed E-state index contributed by atoms with van der Waals surface area (Å²) in [5.74, 6) is 0. The third-order valence-electron chi connectivity index (χ3n) is 7.31. The van der Waals surface area contributed by atoms with Gasteiger partial charge >= 0.3 is 0 Å². The zero-order chi connectivity index (χ0) is 28.7. The molecule has 1 fully saturated rings. The third kappa shape index (κ3) is 6.24. The summed E-state index contributed by atoms with van der Waals surface area (Å²) in [6, 6.07) is 32.9. The van der Waals surface area contributed by atoms with Crippen LogP contribution < -0.4 is 0 Å².